The number of aryl methyl sites for hydroxylation is 1. The molecule has 0 amide bonds. The second-order valence-electron chi connectivity index (χ2n) is 8.66. The molecule has 2 fully saturated rings. The third-order valence-corrected chi connectivity index (χ3v) is 8.50. The number of rotatable bonds is 4. The summed E-state index contributed by atoms with van der Waals surface area (Å²) < 4.78 is 28.7. The molecule has 0 radical (unpaired) electrons. The van der Waals surface area contributed by atoms with Crippen LogP contribution in [0.3, 0.4) is 0 Å². The van der Waals surface area contributed by atoms with Gasteiger partial charge in [0.15, 0.2) is 0 Å². The molecule has 1 saturated heterocycles. The van der Waals surface area contributed by atoms with Gasteiger partial charge in [0.1, 0.15) is 0 Å². The first-order chi connectivity index (χ1) is 13.4. The van der Waals surface area contributed by atoms with E-state index >= 15 is 0 Å². The van der Waals surface area contributed by atoms with Crippen LogP contribution in [0.4, 0.5) is 0 Å². The van der Waals surface area contributed by atoms with Crippen LogP contribution in [0.1, 0.15) is 43.9 Å². The van der Waals surface area contributed by atoms with E-state index in [9.17, 15) is 8.42 Å². The number of nitrogens with zero attached hydrogens (tertiary/aromatic N) is 2. The quantitative estimate of drug-likeness (QED) is 0.765. The van der Waals surface area contributed by atoms with Crippen LogP contribution in [-0.2, 0) is 16.4 Å². The van der Waals surface area contributed by atoms with Crippen molar-refractivity contribution in [2.75, 3.05) is 6.54 Å². The first kappa shape index (κ1) is 19.6. The summed E-state index contributed by atoms with van der Waals surface area (Å²) >= 11 is 0. The van der Waals surface area contributed by atoms with E-state index in [1.54, 1.807) is 12.1 Å². The number of hydrogen-bond acceptors (Lipinski definition) is 3. The van der Waals surface area contributed by atoms with Gasteiger partial charge in [-0.15, -0.1) is 0 Å². The molecule has 2 heterocycles. The highest BCUT2D eigenvalue weighted by molar-refractivity contribution is 7.89. The summed E-state index contributed by atoms with van der Waals surface area (Å²) in [5, 5.41) is 0. The normalized spacial score (nSPS) is 28.6. The van der Waals surface area contributed by atoms with Gasteiger partial charge in [0, 0.05) is 24.5 Å². The van der Waals surface area contributed by atoms with E-state index in [0.29, 0.717) is 29.2 Å². The van der Waals surface area contributed by atoms with Gasteiger partial charge in [-0.3, -0.25) is 4.98 Å². The average molecular weight is 399 g/mol. The van der Waals surface area contributed by atoms with Crippen molar-refractivity contribution in [2.24, 2.45) is 17.8 Å². The molecule has 2 aromatic rings. The third kappa shape index (κ3) is 3.87. The minimum Gasteiger partial charge on any atom is -0.261 e. The largest absolute Gasteiger partial charge is 0.261 e. The highest BCUT2D eigenvalue weighted by atomic mass is 32.2. The van der Waals surface area contributed by atoms with Gasteiger partial charge in [-0.25, -0.2) is 8.42 Å². The first-order valence-corrected chi connectivity index (χ1v) is 11.9. The van der Waals surface area contributed by atoms with Gasteiger partial charge in [-0.05, 0) is 81.0 Å². The second-order valence-corrected chi connectivity index (χ2v) is 10.6. The van der Waals surface area contributed by atoms with Crippen LogP contribution in [0.2, 0.25) is 0 Å². The van der Waals surface area contributed by atoms with E-state index in [0.717, 1.165) is 43.4 Å². The maximum absolute atomic E-state index is 13.4. The fraction of sp³-hybridized carbons (Fsp3) is 0.522. The molecule has 4 rings (SSSR count). The Balaban J connectivity index is 1.61. The molecular weight excluding hydrogens is 368 g/mol. The van der Waals surface area contributed by atoms with Gasteiger partial charge in [0.2, 0.25) is 10.0 Å². The van der Waals surface area contributed by atoms with Crippen LogP contribution in [-0.4, -0.2) is 30.3 Å². The van der Waals surface area contributed by atoms with Gasteiger partial charge in [-0.2, -0.15) is 4.31 Å². The molecule has 0 bridgehead atoms. The summed E-state index contributed by atoms with van der Waals surface area (Å²) in [5.74, 6) is 1.45. The second kappa shape index (κ2) is 7.96. The Morgan fingerprint density at radius 2 is 1.89 bits per heavy atom. The predicted molar refractivity (Wildman–Crippen MR) is 111 cm³/mol. The maximum atomic E-state index is 13.4. The number of piperidine rings is 1. The Bertz CT molecular complexity index is 896. The van der Waals surface area contributed by atoms with Crippen molar-refractivity contribution in [3.05, 3.63) is 59.9 Å². The maximum Gasteiger partial charge on any atom is 0.243 e. The van der Waals surface area contributed by atoms with Gasteiger partial charge >= 0.3 is 0 Å². The number of benzene rings is 1. The number of aromatic nitrogens is 1. The van der Waals surface area contributed by atoms with E-state index in [-0.39, 0.29) is 6.04 Å². The fourth-order valence-electron chi connectivity index (χ4n) is 5.26. The minimum atomic E-state index is -3.45. The molecule has 0 unspecified atom stereocenters. The zero-order chi connectivity index (χ0) is 19.7. The molecule has 150 valence electrons. The SMILES string of the molecule is Cc1ccc(S(=O)(=O)N2CCC[C@H]3[C@@H](Cc4ccccn4)C[C@@H](C)C[C@H]32)cc1. The molecule has 1 saturated carbocycles. The monoisotopic (exact) mass is 398 g/mol. The van der Waals surface area contributed by atoms with Crippen molar-refractivity contribution in [2.45, 2.75) is 56.9 Å². The average Bonchev–Trinajstić information content (AvgIpc) is 2.68. The molecule has 4 nitrogen and oxygen atoms in total. The van der Waals surface area contributed by atoms with E-state index in [1.165, 1.54) is 0 Å². The topological polar surface area (TPSA) is 50.3 Å². The molecule has 4 atom stereocenters. The zero-order valence-corrected chi connectivity index (χ0v) is 17.6. The zero-order valence-electron chi connectivity index (χ0n) is 16.8. The molecule has 28 heavy (non-hydrogen) atoms. The Morgan fingerprint density at radius 3 is 2.61 bits per heavy atom. The number of pyridine rings is 1. The Labute approximate surface area is 169 Å². The molecular formula is C23H30N2O2S. The molecule has 5 heteroatoms. The van der Waals surface area contributed by atoms with E-state index in [4.69, 9.17) is 0 Å². The number of fused-ring (bicyclic) bond motifs is 1. The van der Waals surface area contributed by atoms with Crippen molar-refractivity contribution in [3.8, 4) is 0 Å². The van der Waals surface area contributed by atoms with Gasteiger partial charge in [-0.1, -0.05) is 30.7 Å². The van der Waals surface area contributed by atoms with Crippen molar-refractivity contribution < 1.29 is 8.42 Å². The Kier molecular flexibility index (Phi) is 5.57. The van der Waals surface area contributed by atoms with Gasteiger partial charge in [0.25, 0.3) is 0 Å². The lowest BCUT2D eigenvalue weighted by molar-refractivity contribution is 0.0531. The highest BCUT2D eigenvalue weighted by Crippen LogP contribution is 2.44. The van der Waals surface area contributed by atoms with Crippen LogP contribution < -0.4 is 0 Å². The summed E-state index contributed by atoms with van der Waals surface area (Å²) in [6.45, 7) is 4.89. The van der Waals surface area contributed by atoms with E-state index < -0.39 is 10.0 Å². The van der Waals surface area contributed by atoms with Crippen LogP contribution in [0, 0.1) is 24.7 Å². The molecule has 1 aliphatic heterocycles. The fourth-order valence-corrected chi connectivity index (χ4v) is 6.98. The van der Waals surface area contributed by atoms with Crippen molar-refractivity contribution >= 4 is 10.0 Å². The first-order valence-electron chi connectivity index (χ1n) is 10.4. The molecule has 1 aliphatic carbocycles. The molecule has 1 aromatic heterocycles. The Hall–Kier alpha value is -1.72. The molecule has 0 N–H and O–H groups in total. The lowest BCUT2D eigenvalue weighted by Crippen LogP contribution is -2.53. The van der Waals surface area contributed by atoms with Crippen molar-refractivity contribution in [3.63, 3.8) is 0 Å². The standard InChI is InChI=1S/C23H30N2O2S/c1-17-8-10-21(11-9-17)28(26,27)25-13-5-7-22-19(14-18(2)15-23(22)25)16-20-6-3-4-12-24-20/h3-4,6,8-12,18-19,22-23H,5,7,13-16H2,1-2H3/t18-,19-,22+,23-/m1/s1. The van der Waals surface area contributed by atoms with Crippen molar-refractivity contribution in [1.82, 2.24) is 9.29 Å². The lowest BCUT2D eigenvalue weighted by atomic mass is 9.67. The summed E-state index contributed by atoms with van der Waals surface area (Å²) in [4.78, 5) is 4.96. The molecule has 0 spiro atoms. The van der Waals surface area contributed by atoms with E-state index in [2.05, 4.69) is 18.0 Å². The highest BCUT2D eigenvalue weighted by Gasteiger charge is 2.45. The number of sulfonamides is 1. The van der Waals surface area contributed by atoms with Crippen LogP contribution in [0.5, 0.6) is 0 Å². The Morgan fingerprint density at radius 1 is 1.11 bits per heavy atom. The molecule has 1 aromatic carbocycles. The number of hydrogen-bond donors (Lipinski definition) is 0. The minimum absolute atomic E-state index is 0.109. The summed E-state index contributed by atoms with van der Waals surface area (Å²) in [5.41, 5.74) is 2.20. The lowest BCUT2D eigenvalue weighted by Gasteiger charge is -2.48. The van der Waals surface area contributed by atoms with Crippen LogP contribution in [0.15, 0.2) is 53.6 Å². The van der Waals surface area contributed by atoms with Crippen LogP contribution >= 0.6 is 0 Å². The summed E-state index contributed by atoms with van der Waals surface area (Å²) in [6.07, 6.45) is 7.00. The van der Waals surface area contributed by atoms with Crippen molar-refractivity contribution in [1.29, 1.82) is 0 Å². The summed E-state index contributed by atoms with van der Waals surface area (Å²) in [7, 11) is -3.45. The summed E-state index contributed by atoms with van der Waals surface area (Å²) in [6, 6.07) is 13.5. The van der Waals surface area contributed by atoms with Gasteiger partial charge < -0.3 is 0 Å². The predicted octanol–water partition coefficient (Wildman–Crippen LogP) is 4.45. The third-order valence-electron chi connectivity index (χ3n) is 6.56. The molecule has 2 aliphatic rings. The van der Waals surface area contributed by atoms with Gasteiger partial charge in [0.05, 0.1) is 4.90 Å². The van der Waals surface area contributed by atoms with Crippen LogP contribution in [0.25, 0.3) is 0 Å². The van der Waals surface area contributed by atoms with E-state index in [1.807, 2.05) is 41.7 Å². The smallest absolute Gasteiger partial charge is 0.243 e.